The van der Waals surface area contributed by atoms with Crippen LogP contribution in [0.2, 0.25) is 0 Å². The summed E-state index contributed by atoms with van der Waals surface area (Å²) in [6.07, 6.45) is -3.68. The number of Topliss-reactive ketones (excluding diaryl/α,β-unsaturated/α-hetero) is 1. The van der Waals surface area contributed by atoms with Gasteiger partial charge in [-0.3, -0.25) is 9.59 Å². The van der Waals surface area contributed by atoms with Crippen LogP contribution in [0.3, 0.4) is 0 Å². The fourth-order valence-electron chi connectivity index (χ4n) is 1.36. The van der Waals surface area contributed by atoms with Crippen molar-refractivity contribution in [1.82, 2.24) is 0 Å². The van der Waals surface area contributed by atoms with E-state index in [-0.39, 0.29) is 12.8 Å². The molecule has 0 spiro atoms. The van der Waals surface area contributed by atoms with E-state index >= 15 is 0 Å². The summed E-state index contributed by atoms with van der Waals surface area (Å²) in [5.74, 6) is -3.41. The highest BCUT2D eigenvalue weighted by Crippen LogP contribution is 2.12. The molecule has 19 heavy (non-hydrogen) atoms. The molecule has 0 aliphatic heterocycles. The molecule has 0 heterocycles. The quantitative estimate of drug-likeness (QED) is 0.437. The first-order valence-corrected chi connectivity index (χ1v) is 5.85. The molecule has 7 heteroatoms. The van der Waals surface area contributed by atoms with Crippen molar-refractivity contribution < 1.29 is 34.4 Å². The Bertz CT molecular complexity index is 342. The SMILES string of the molecule is CC(C)(C)OC(=O)C[C@@H](O)C[C@@H](O)CC(=O)C(=O)O. The molecule has 7 nitrogen and oxygen atoms in total. The van der Waals surface area contributed by atoms with E-state index in [1.54, 1.807) is 20.8 Å². The van der Waals surface area contributed by atoms with Gasteiger partial charge in [0.2, 0.25) is 5.78 Å². The molecule has 0 aliphatic rings. The van der Waals surface area contributed by atoms with E-state index in [2.05, 4.69) is 0 Å². The summed E-state index contributed by atoms with van der Waals surface area (Å²) < 4.78 is 4.97. The predicted octanol–water partition coefficient (Wildman–Crippen LogP) is -0.126. The third-order valence-electron chi connectivity index (χ3n) is 2.03. The Balaban J connectivity index is 4.10. The Morgan fingerprint density at radius 3 is 1.95 bits per heavy atom. The molecular formula is C12H20O7. The fraction of sp³-hybridized carbons (Fsp3) is 0.750. The van der Waals surface area contributed by atoms with Crippen molar-refractivity contribution in [1.29, 1.82) is 0 Å². The Kier molecular flexibility index (Phi) is 6.64. The van der Waals surface area contributed by atoms with Crippen LogP contribution in [0.4, 0.5) is 0 Å². The monoisotopic (exact) mass is 276 g/mol. The van der Waals surface area contributed by atoms with E-state index in [9.17, 15) is 24.6 Å². The molecule has 0 aromatic rings. The summed E-state index contributed by atoms with van der Waals surface area (Å²) >= 11 is 0. The van der Waals surface area contributed by atoms with E-state index in [1.807, 2.05) is 0 Å². The predicted molar refractivity (Wildman–Crippen MR) is 64.4 cm³/mol. The Labute approximate surface area is 111 Å². The first-order chi connectivity index (χ1) is 8.51. The number of hydrogen-bond donors (Lipinski definition) is 3. The van der Waals surface area contributed by atoms with Gasteiger partial charge < -0.3 is 20.1 Å². The number of aliphatic carboxylic acids is 1. The third kappa shape index (κ3) is 9.15. The van der Waals surface area contributed by atoms with Gasteiger partial charge in [-0.25, -0.2) is 4.79 Å². The van der Waals surface area contributed by atoms with Crippen LogP contribution in [0.1, 0.15) is 40.0 Å². The van der Waals surface area contributed by atoms with Crippen molar-refractivity contribution >= 4 is 17.7 Å². The average Bonchev–Trinajstić information content (AvgIpc) is 2.12. The molecule has 0 saturated carbocycles. The summed E-state index contributed by atoms with van der Waals surface area (Å²) in [5.41, 5.74) is -0.672. The molecule has 0 radical (unpaired) electrons. The van der Waals surface area contributed by atoms with Crippen LogP contribution >= 0.6 is 0 Å². The zero-order chi connectivity index (χ0) is 15.2. The van der Waals surface area contributed by atoms with Gasteiger partial charge in [-0.2, -0.15) is 0 Å². The van der Waals surface area contributed by atoms with Crippen LogP contribution in [0.15, 0.2) is 0 Å². The highest BCUT2D eigenvalue weighted by molar-refractivity contribution is 6.32. The Morgan fingerprint density at radius 2 is 1.53 bits per heavy atom. The van der Waals surface area contributed by atoms with Gasteiger partial charge in [0.15, 0.2) is 0 Å². The number of ketones is 1. The maximum Gasteiger partial charge on any atom is 0.372 e. The number of carboxylic acids is 1. The number of aliphatic hydroxyl groups is 2. The smallest absolute Gasteiger partial charge is 0.372 e. The van der Waals surface area contributed by atoms with E-state index in [0.29, 0.717) is 0 Å². The minimum absolute atomic E-state index is 0.266. The molecular weight excluding hydrogens is 256 g/mol. The molecule has 0 aromatic heterocycles. The largest absolute Gasteiger partial charge is 0.475 e. The number of carbonyl (C=O) groups excluding carboxylic acids is 2. The van der Waals surface area contributed by atoms with Gasteiger partial charge in [-0.05, 0) is 20.8 Å². The minimum Gasteiger partial charge on any atom is -0.475 e. The molecule has 110 valence electrons. The standard InChI is InChI=1S/C12H20O7/c1-12(2,3)19-10(16)6-8(14)4-7(13)5-9(15)11(17)18/h7-8,13-14H,4-6H2,1-3H3,(H,17,18)/t7-,8+/m1/s1. The van der Waals surface area contributed by atoms with Crippen LogP contribution in [0.25, 0.3) is 0 Å². The number of carbonyl (C=O) groups is 3. The molecule has 2 atom stereocenters. The summed E-state index contributed by atoms with van der Waals surface area (Å²) in [5, 5.41) is 27.2. The highest BCUT2D eigenvalue weighted by atomic mass is 16.6. The maximum absolute atomic E-state index is 11.4. The van der Waals surface area contributed by atoms with Crippen LogP contribution in [0, 0.1) is 0 Å². The van der Waals surface area contributed by atoms with Crippen molar-refractivity contribution in [3.8, 4) is 0 Å². The summed E-state index contributed by atoms with van der Waals surface area (Å²) in [4.78, 5) is 32.4. The summed E-state index contributed by atoms with van der Waals surface area (Å²) in [6.45, 7) is 5.03. The van der Waals surface area contributed by atoms with E-state index in [4.69, 9.17) is 9.84 Å². The molecule has 0 saturated heterocycles. The van der Waals surface area contributed by atoms with Gasteiger partial charge in [-0.1, -0.05) is 0 Å². The second-order valence-electron chi connectivity index (χ2n) is 5.27. The van der Waals surface area contributed by atoms with Crippen LogP contribution in [0.5, 0.6) is 0 Å². The molecule has 0 unspecified atom stereocenters. The van der Waals surface area contributed by atoms with Crippen molar-refractivity contribution in [2.24, 2.45) is 0 Å². The zero-order valence-electron chi connectivity index (χ0n) is 11.3. The lowest BCUT2D eigenvalue weighted by Gasteiger charge is -2.21. The summed E-state index contributed by atoms with van der Waals surface area (Å²) in [6, 6.07) is 0. The van der Waals surface area contributed by atoms with Crippen molar-refractivity contribution in [3.63, 3.8) is 0 Å². The molecule has 0 fully saturated rings. The lowest BCUT2D eigenvalue weighted by atomic mass is 10.0. The van der Waals surface area contributed by atoms with Crippen LogP contribution < -0.4 is 0 Å². The van der Waals surface area contributed by atoms with Gasteiger partial charge in [0.1, 0.15) is 5.60 Å². The highest BCUT2D eigenvalue weighted by Gasteiger charge is 2.23. The molecule has 0 aliphatic carbocycles. The first-order valence-electron chi connectivity index (χ1n) is 5.85. The number of carboxylic acid groups (broad SMARTS) is 1. The van der Waals surface area contributed by atoms with E-state index in [0.717, 1.165) is 0 Å². The number of esters is 1. The van der Waals surface area contributed by atoms with Crippen LogP contribution in [-0.4, -0.2) is 50.9 Å². The van der Waals surface area contributed by atoms with Gasteiger partial charge in [-0.15, -0.1) is 0 Å². The lowest BCUT2D eigenvalue weighted by Crippen LogP contribution is -2.29. The zero-order valence-corrected chi connectivity index (χ0v) is 11.3. The first kappa shape index (κ1) is 17.5. The fourth-order valence-corrected chi connectivity index (χ4v) is 1.36. The second kappa shape index (κ2) is 7.20. The minimum atomic E-state index is -1.64. The second-order valence-corrected chi connectivity index (χ2v) is 5.27. The van der Waals surface area contributed by atoms with Gasteiger partial charge >= 0.3 is 11.9 Å². The molecule has 3 N–H and O–H groups in total. The van der Waals surface area contributed by atoms with Crippen molar-refractivity contribution in [2.75, 3.05) is 0 Å². The summed E-state index contributed by atoms with van der Waals surface area (Å²) in [7, 11) is 0. The van der Waals surface area contributed by atoms with Gasteiger partial charge in [0, 0.05) is 12.8 Å². The maximum atomic E-state index is 11.4. The van der Waals surface area contributed by atoms with E-state index in [1.165, 1.54) is 0 Å². The van der Waals surface area contributed by atoms with Crippen molar-refractivity contribution in [3.05, 3.63) is 0 Å². The van der Waals surface area contributed by atoms with Gasteiger partial charge in [0.25, 0.3) is 0 Å². The third-order valence-corrected chi connectivity index (χ3v) is 2.03. The Morgan fingerprint density at radius 1 is 1.05 bits per heavy atom. The number of rotatable bonds is 7. The van der Waals surface area contributed by atoms with Gasteiger partial charge in [0.05, 0.1) is 18.6 Å². The number of hydrogen-bond acceptors (Lipinski definition) is 6. The van der Waals surface area contributed by atoms with E-state index < -0.39 is 42.0 Å². The number of ether oxygens (including phenoxy) is 1. The Hall–Kier alpha value is -1.47. The molecule has 0 rings (SSSR count). The topological polar surface area (TPSA) is 121 Å². The average molecular weight is 276 g/mol. The normalized spacial score (nSPS) is 14.6. The molecule has 0 bridgehead atoms. The number of aliphatic hydroxyl groups excluding tert-OH is 2. The molecule has 0 aromatic carbocycles. The van der Waals surface area contributed by atoms with Crippen LogP contribution in [-0.2, 0) is 19.1 Å². The lowest BCUT2D eigenvalue weighted by molar-refractivity contribution is -0.157. The van der Waals surface area contributed by atoms with Crippen molar-refractivity contribution in [2.45, 2.75) is 57.8 Å². The molecule has 0 amide bonds.